The Kier molecular flexibility index (Phi) is 5.82. The fourth-order valence-corrected chi connectivity index (χ4v) is 9.71. The maximum absolute atomic E-state index is 2.42. The van der Waals surface area contributed by atoms with Gasteiger partial charge in [0, 0.05) is 5.41 Å². The highest BCUT2D eigenvalue weighted by Gasteiger charge is 2.40. The van der Waals surface area contributed by atoms with Crippen molar-refractivity contribution in [2.75, 3.05) is 0 Å². The second-order valence-electron chi connectivity index (χ2n) is 14.7. The van der Waals surface area contributed by atoms with Crippen molar-refractivity contribution in [2.24, 2.45) is 0 Å². The summed E-state index contributed by atoms with van der Waals surface area (Å²) >= 11 is 0. The molecule has 11 rings (SSSR count). The zero-order valence-electron chi connectivity index (χ0n) is 28.7. The van der Waals surface area contributed by atoms with E-state index in [-0.39, 0.29) is 5.41 Å². The van der Waals surface area contributed by atoms with Gasteiger partial charge in [0.05, 0.1) is 0 Å². The molecule has 0 aliphatic heterocycles. The van der Waals surface area contributed by atoms with Gasteiger partial charge in [0.1, 0.15) is 0 Å². The first kappa shape index (κ1) is 28.6. The van der Waals surface area contributed by atoms with Gasteiger partial charge >= 0.3 is 0 Å². The van der Waals surface area contributed by atoms with Crippen molar-refractivity contribution in [1.82, 2.24) is 0 Å². The molecule has 0 amide bonds. The average molecular weight is 647 g/mol. The van der Waals surface area contributed by atoms with Gasteiger partial charge in [0.25, 0.3) is 0 Å². The molecular formula is C51H34. The largest absolute Gasteiger partial charge is 0.0616 e. The summed E-state index contributed by atoms with van der Waals surface area (Å²) in [4.78, 5) is 0. The van der Waals surface area contributed by atoms with Gasteiger partial charge in [-0.2, -0.15) is 0 Å². The molecule has 0 aromatic heterocycles. The summed E-state index contributed by atoms with van der Waals surface area (Å²) in [5.74, 6) is 0. The normalized spacial score (nSPS) is 13.5. The van der Waals surface area contributed by atoms with Crippen LogP contribution in [0.4, 0.5) is 0 Å². The Bertz CT molecular complexity index is 3050. The van der Waals surface area contributed by atoms with Crippen LogP contribution in [0.15, 0.2) is 170 Å². The van der Waals surface area contributed by atoms with Gasteiger partial charge in [0.15, 0.2) is 0 Å². The van der Waals surface area contributed by atoms with Crippen LogP contribution in [0.3, 0.4) is 0 Å². The van der Waals surface area contributed by atoms with Gasteiger partial charge < -0.3 is 0 Å². The van der Waals surface area contributed by atoms with Crippen molar-refractivity contribution in [3.63, 3.8) is 0 Å². The van der Waals surface area contributed by atoms with E-state index in [0.29, 0.717) is 0 Å². The van der Waals surface area contributed by atoms with Crippen LogP contribution in [0.2, 0.25) is 0 Å². The molecule has 51 heavy (non-hydrogen) atoms. The lowest BCUT2D eigenvalue weighted by molar-refractivity contribution is 0.666. The van der Waals surface area contributed by atoms with Crippen molar-refractivity contribution in [2.45, 2.75) is 19.3 Å². The Morgan fingerprint density at radius 2 is 0.706 bits per heavy atom. The molecule has 0 fully saturated rings. The SMILES string of the molecule is CC1(C)c2cccc(-c3c4ccccc4c(-c4cc5ccccc5c5ccccc45)c4ccccc34)c2-c2c1c1ccccc1c1ccccc21. The summed E-state index contributed by atoms with van der Waals surface area (Å²) in [7, 11) is 0. The van der Waals surface area contributed by atoms with Crippen LogP contribution in [0, 0.1) is 0 Å². The molecule has 0 N–H and O–H groups in total. The van der Waals surface area contributed by atoms with Crippen LogP contribution in [0.5, 0.6) is 0 Å². The molecule has 0 bridgehead atoms. The van der Waals surface area contributed by atoms with Crippen molar-refractivity contribution < 1.29 is 0 Å². The van der Waals surface area contributed by atoms with Crippen LogP contribution < -0.4 is 0 Å². The van der Waals surface area contributed by atoms with Crippen LogP contribution in [-0.2, 0) is 5.41 Å². The minimum Gasteiger partial charge on any atom is -0.0616 e. The first-order valence-corrected chi connectivity index (χ1v) is 18.0. The number of hydrogen-bond donors (Lipinski definition) is 0. The smallest absolute Gasteiger partial charge is 0.0165 e. The fraction of sp³-hybridized carbons (Fsp3) is 0.0588. The molecule has 0 radical (unpaired) electrons. The molecule has 1 aliphatic rings. The van der Waals surface area contributed by atoms with Crippen molar-refractivity contribution >= 4 is 64.6 Å². The predicted molar refractivity (Wildman–Crippen MR) is 220 cm³/mol. The van der Waals surface area contributed by atoms with E-state index in [1.54, 1.807) is 0 Å². The van der Waals surface area contributed by atoms with E-state index in [9.17, 15) is 0 Å². The predicted octanol–water partition coefficient (Wildman–Crippen LogP) is 14.2. The number of benzene rings is 10. The Labute approximate surface area is 297 Å². The molecule has 0 saturated heterocycles. The summed E-state index contributed by atoms with van der Waals surface area (Å²) in [5.41, 5.74) is 10.6. The van der Waals surface area contributed by atoms with Crippen LogP contribution in [-0.4, -0.2) is 0 Å². The van der Waals surface area contributed by atoms with Crippen molar-refractivity contribution in [1.29, 1.82) is 0 Å². The number of rotatable bonds is 2. The molecule has 0 atom stereocenters. The molecule has 0 unspecified atom stereocenters. The van der Waals surface area contributed by atoms with E-state index in [0.717, 1.165) is 0 Å². The summed E-state index contributed by atoms with van der Waals surface area (Å²) in [6, 6.07) is 63.5. The molecule has 10 aromatic rings. The molecule has 0 heterocycles. The topological polar surface area (TPSA) is 0 Å². The van der Waals surface area contributed by atoms with Crippen LogP contribution in [0.25, 0.3) is 98.0 Å². The van der Waals surface area contributed by atoms with E-state index in [1.165, 1.54) is 109 Å². The lowest BCUT2D eigenvalue weighted by Gasteiger charge is -2.24. The molecular weight excluding hydrogens is 613 g/mol. The third-order valence-electron chi connectivity index (χ3n) is 11.8. The van der Waals surface area contributed by atoms with Gasteiger partial charge in [0.2, 0.25) is 0 Å². The van der Waals surface area contributed by atoms with E-state index in [2.05, 4.69) is 184 Å². The van der Waals surface area contributed by atoms with Gasteiger partial charge in [-0.1, -0.05) is 178 Å². The first-order valence-electron chi connectivity index (χ1n) is 18.0. The monoisotopic (exact) mass is 646 g/mol. The summed E-state index contributed by atoms with van der Waals surface area (Å²) in [6.45, 7) is 4.85. The number of fused-ring (bicyclic) bond motifs is 13. The van der Waals surface area contributed by atoms with Gasteiger partial charge in [-0.15, -0.1) is 0 Å². The second-order valence-corrected chi connectivity index (χ2v) is 14.7. The third kappa shape index (κ3) is 3.80. The van der Waals surface area contributed by atoms with Crippen molar-refractivity contribution in [3.8, 4) is 33.4 Å². The molecule has 0 nitrogen and oxygen atoms in total. The van der Waals surface area contributed by atoms with E-state index < -0.39 is 0 Å². The van der Waals surface area contributed by atoms with Gasteiger partial charge in [-0.25, -0.2) is 0 Å². The molecule has 0 spiro atoms. The highest BCUT2D eigenvalue weighted by molar-refractivity contribution is 6.28. The van der Waals surface area contributed by atoms with Gasteiger partial charge in [-0.3, -0.25) is 0 Å². The van der Waals surface area contributed by atoms with Crippen LogP contribution >= 0.6 is 0 Å². The maximum atomic E-state index is 2.42. The third-order valence-corrected chi connectivity index (χ3v) is 11.8. The summed E-state index contributed by atoms with van der Waals surface area (Å²) in [6.07, 6.45) is 0. The zero-order chi connectivity index (χ0) is 33.8. The number of hydrogen-bond acceptors (Lipinski definition) is 0. The van der Waals surface area contributed by atoms with E-state index in [1.807, 2.05) is 0 Å². The minimum atomic E-state index is -0.167. The Hall–Kier alpha value is -6.24. The molecule has 10 aromatic carbocycles. The standard InChI is InChI=1S/C51H34/c1-51(2)45-29-15-28-43(48(45)49-37-22-9-7-19-34(37)35-20-8-14-27-42(35)50(49)51)46-38-23-10-12-25-40(38)47(41-26-13-11-24-39(41)46)44-30-31-16-3-4-17-32(31)33-18-5-6-21-36(33)44/h3-30H,1-2H3. The minimum absolute atomic E-state index is 0.167. The Morgan fingerprint density at radius 1 is 0.294 bits per heavy atom. The molecule has 1 aliphatic carbocycles. The quantitative estimate of drug-likeness (QED) is 0.129. The molecule has 0 saturated carbocycles. The van der Waals surface area contributed by atoms with Crippen molar-refractivity contribution in [3.05, 3.63) is 181 Å². The van der Waals surface area contributed by atoms with E-state index >= 15 is 0 Å². The van der Waals surface area contributed by atoms with Gasteiger partial charge in [-0.05, 0) is 115 Å². The highest BCUT2D eigenvalue weighted by Crippen LogP contribution is 2.58. The van der Waals surface area contributed by atoms with E-state index in [4.69, 9.17) is 0 Å². The summed E-state index contributed by atoms with van der Waals surface area (Å²) in [5, 5.41) is 15.6. The fourth-order valence-electron chi connectivity index (χ4n) is 9.71. The van der Waals surface area contributed by atoms with Crippen LogP contribution in [0.1, 0.15) is 25.0 Å². The maximum Gasteiger partial charge on any atom is 0.0165 e. The highest BCUT2D eigenvalue weighted by atomic mass is 14.4. The average Bonchev–Trinajstić information content (AvgIpc) is 3.44. The Balaban J connectivity index is 1.31. The molecule has 0 heteroatoms. The molecule has 238 valence electrons. The first-order chi connectivity index (χ1) is 25.1. The zero-order valence-corrected chi connectivity index (χ0v) is 28.7. The lowest BCUT2D eigenvalue weighted by Crippen LogP contribution is -2.15. The second kappa shape index (κ2) is 10.4. The lowest BCUT2D eigenvalue weighted by atomic mass is 9.79. The summed E-state index contributed by atoms with van der Waals surface area (Å²) < 4.78 is 0. The Morgan fingerprint density at radius 3 is 1.29 bits per heavy atom.